The van der Waals surface area contributed by atoms with Gasteiger partial charge in [-0.15, -0.1) is 0 Å². The van der Waals surface area contributed by atoms with Gasteiger partial charge in [0.15, 0.2) is 0 Å². The van der Waals surface area contributed by atoms with Crippen molar-refractivity contribution in [3.63, 3.8) is 0 Å². The first-order chi connectivity index (χ1) is 10.8. The van der Waals surface area contributed by atoms with Crippen molar-refractivity contribution >= 4 is 23.5 Å². The molecule has 1 N–H and O–H groups in total. The largest absolute Gasteiger partial charge is 0.386 e. The molecule has 3 heterocycles. The van der Waals surface area contributed by atoms with Crippen LogP contribution in [0.25, 0.3) is 0 Å². The van der Waals surface area contributed by atoms with Crippen molar-refractivity contribution in [3.05, 3.63) is 17.5 Å². The highest BCUT2D eigenvalue weighted by Gasteiger charge is 2.33. The van der Waals surface area contributed by atoms with Crippen LogP contribution in [0.5, 0.6) is 0 Å². The highest BCUT2D eigenvalue weighted by molar-refractivity contribution is 8.03. The summed E-state index contributed by atoms with van der Waals surface area (Å²) in [5.41, 5.74) is 2.20. The van der Waals surface area contributed by atoms with Crippen molar-refractivity contribution in [2.24, 2.45) is 5.92 Å². The molecule has 1 aliphatic carbocycles. The number of aromatic nitrogens is 2. The Kier molecular flexibility index (Phi) is 4.72. The third-order valence-corrected chi connectivity index (χ3v) is 7.43. The zero-order chi connectivity index (χ0) is 14.9. The Morgan fingerprint density at radius 2 is 1.95 bits per heavy atom. The lowest BCUT2D eigenvalue weighted by Gasteiger charge is -2.28. The molecule has 1 saturated carbocycles. The molecular formula is C16H25N3OS2. The first-order valence-corrected chi connectivity index (χ1v) is 10.8. The normalized spacial score (nSPS) is 26.2. The number of hydrogen-bond donors (Lipinski definition) is 1. The van der Waals surface area contributed by atoms with Crippen LogP contribution in [0.4, 0.5) is 0 Å². The summed E-state index contributed by atoms with van der Waals surface area (Å²) in [6.45, 7) is 3.17. The number of fused-ring (bicyclic) bond motifs is 1. The molecule has 4 nitrogen and oxygen atoms in total. The molecule has 1 aromatic rings. The Labute approximate surface area is 141 Å². The third kappa shape index (κ3) is 3.35. The van der Waals surface area contributed by atoms with E-state index in [2.05, 4.69) is 39.2 Å². The van der Waals surface area contributed by atoms with Gasteiger partial charge in [0.25, 0.3) is 0 Å². The quantitative estimate of drug-likeness (QED) is 0.916. The van der Waals surface area contributed by atoms with Gasteiger partial charge in [0.2, 0.25) is 0 Å². The third-order valence-electron chi connectivity index (χ3n) is 4.94. The summed E-state index contributed by atoms with van der Waals surface area (Å²) in [6, 6.07) is 2.86. The molecule has 0 radical (unpaired) electrons. The summed E-state index contributed by atoms with van der Waals surface area (Å²) in [5, 5.41) is 15.0. The summed E-state index contributed by atoms with van der Waals surface area (Å²) >= 11 is 4.21. The SMILES string of the molecule is O[C@@H](c1cc2n(n1)CCCN(C1CSCCSC1)C2)C1CC1. The minimum absolute atomic E-state index is 0.336. The molecular weight excluding hydrogens is 314 g/mol. The van der Waals surface area contributed by atoms with E-state index in [1.54, 1.807) is 0 Å². The Morgan fingerprint density at radius 3 is 2.68 bits per heavy atom. The van der Waals surface area contributed by atoms with Crippen molar-refractivity contribution in [2.75, 3.05) is 29.6 Å². The van der Waals surface area contributed by atoms with Crippen LogP contribution < -0.4 is 0 Å². The lowest BCUT2D eigenvalue weighted by molar-refractivity contribution is 0.148. The van der Waals surface area contributed by atoms with E-state index in [1.807, 2.05) is 0 Å². The maximum Gasteiger partial charge on any atom is 0.101 e. The standard InChI is InChI=1S/C16H25N3OS2/c20-16(12-2-3-12)15-8-13-9-18(4-1-5-19(13)17-15)14-10-21-6-7-22-11-14/h8,12,14,16,20H,1-7,9-11H2/t16-/m1/s1. The number of nitrogens with zero attached hydrogens (tertiary/aromatic N) is 3. The van der Waals surface area contributed by atoms with Crippen LogP contribution in [0, 0.1) is 5.92 Å². The Balaban J connectivity index is 1.49. The van der Waals surface area contributed by atoms with Crippen LogP contribution in [0.3, 0.4) is 0 Å². The van der Waals surface area contributed by atoms with Gasteiger partial charge in [-0.2, -0.15) is 28.6 Å². The average molecular weight is 340 g/mol. The van der Waals surface area contributed by atoms with Gasteiger partial charge >= 0.3 is 0 Å². The molecule has 0 bridgehead atoms. The van der Waals surface area contributed by atoms with Gasteiger partial charge in [-0.1, -0.05) is 0 Å². The molecule has 0 amide bonds. The smallest absolute Gasteiger partial charge is 0.101 e. The molecule has 0 spiro atoms. The van der Waals surface area contributed by atoms with E-state index in [0.29, 0.717) is 12.0 Å². The number of rotatable bonds is 3. The fourth-order valence-corrected chi connectivity index (χ4v) is 6.06. The van der Waals surface area contributed by atoms with Crippen LogP contribution in [-0.4, -0.2) is 55.4 Å². The van der Waals surface area contributed by atoms with E-state index in [-0.39, 0.29) is 6.10 Å². The lowest BCUT2D eigenvalue weighted by atomic mass is 10.1. The highest BCUT2D eigenvalue weighted by Crippen LogP contribution is 2.40. The van der Waals surface area contributed by atoms with Gasteiger partial charge in [0.05, 0.1) is 11.4 Å². The monoisotopic (exact) mass is 339 g/mol. The molecule has 4 rings (SSSR count). The van der Waals surface area contributed by atoms with Crippen LogP contribution in [0.2, 0.25) is 0 Å². The number of aliphatic hydroxyl groups excluding tert-OH is 1. The van der Waals surface area contributed by atoms with Crippen LogP contribution >= 0.6 is 23.5 Å². The fraction of sp³-hybridized carbons (Fsp3) is 0.812. The molecule has 122 valence electrons. The summed E-state index contributed by atoms with van der Waals surface area (Å²) in [5.74, 6) is 5.58. The summed E-state index contributed by atoms with van der Waals surface area (Å²) in [4.78, 5) is 2.65. The molecule has 1 saturated heterocycles. The number of aliphatic hydroxyl groups is 1. The second kappa shape index (κ2) is 6.75. The Bertz CT molecular complexity index is 509. The molecule has 1 aromatic heterocycles. The van der Waals surface area contributed by atoms with Crippen LogP contribution in [0.1, 0.15) is 36.8 Å². The highest BCUT2D eigenvalue weighted by atomic mass is 32.2. The van der Waals surface area contributed by atoms with Crippen molar-refractivity contribution in [1.29, 1.82) is 0 Å². The second-order valence-corrected chi connectivity index (χ2v) is 8.99. The van der Waals surface area contributed by atoms with Gasteiger partial charge in [-0.05, 0) is 31.2 Å². The van der Waals surface area contributed by atoms with Gasteiger partial charge in [-0.3, -0.25) is 9.58 Å². The van der Waals surface area contributed by atoms with E-state index in [9.17, 15) is 5.11 Å². The van der Waals surface area contributed by atoms with Crippen molar-refractivity contribution < 1.29 is 5.11 Å². The minimum atomic E-state index is -0.336. The van der Waals surface area contributed by atoms with E-state index in [0.717, 1.165) is 31.6 Å². The average Bonchev–Trinajstić information content (AvgIpc) is 3.33. The first-order valence-electron chi connectivity index (χ1n) is 8.45. The van der Waals surface area contributed by atoms with Crippen molar-refractivity contribution in [2.45, 2.75) is 44.5 Å². The molecule has 6 heteroatoms. The van der Waals surface area contributed by atoms with Crippen LogP contribution in [-0.2, 0) is 13.1 Å². The summed E-state index contributed by atoms with van der Waals surface area (Å²) < 4.78 is 2.15. The van der Waals surface area contributed by atoms with E-state index < -0.39 is 0 Å². The van der Waals surface area contributed by atoms with E-state index in [4.69, 9.17) is 5.10 Å². The number of hydrogen-bond acceptors (Lipinski definition) is 5. The Hall–Kier alpha value is -0.170. The molecule has 0 aromatic carbocycles. The van der Waals surface area contributed by atoms with Crippen LogP contribution in [0.15, 0.2) is 6.07 Å². The lowest BCUT2D eigenvalue weighted by Crippen LogP contribution is -2.38. The van der Waals surface area contributed by atoms with Gasteiger partial charge in [0.1, 0.15) is 6.10 Å². The number of aryl methyl sites for hydroxylation is 1. The topological polar surface area (TPSA) is 41.3 Å². The van der Waals surface area contributed by atoms with Gasteiger partial charge < -0.3 is 5.11 Å². The van der Waals surface area contributed by atoms with Gasteiger partial charge in [-0.25, -0.2) is 0 Å². The molecule has 2 fully saturated rings. The number of thioether (sulfide) groups is 2. The summed E-state index contributed by atoms with van der Waals surface area (Å²) in [7, 11) is 0. The second-order valence-electron chi connectivity index (χ2n) is 6.69. The van der Waals surface area contributed by atoms with Crippen molar-refractivity contribution in [1.82, 2.24) is 14.7 Å². The predicted octanol–water partition coefficient (Wildman–Crippen LogP) is 2.38. The first kappa shape index (κ1) is 15.4. The molecule has 2 aliphatic heterocycles. The zero-order valence-corrected chi connectivity index (χ0v) is 14.6. The summed E-state index contributed by atoms with van der Waals surface area (Å²) in [6.07, 6.45) is 3.15. The maximum absolute atomic E-state index is 10.3. The fourth-order valence-electron chi connectivity index (χ4n) is 3.43. The van der Waals surface area contributed by atoms with E-state index in [1.165, 1.54) is 41.7 Å². The minimum Gasteiger partial charge on any atom is -0.386 e. The zero-order valence-electron chi connectivity index (χ0n) is 13.0. The predicted molar refractivity (Wildman–Crippen MR) is 93.4 cm³/mol. The van der Waals surface area contributed by atoms with Gasteiger partial charge in [0, 0.05) is 48.7 Å². The van der Waals surface area contributed by atoms with Crippen molar-refractivity contribution in [3.8, 4) is 0 Å². The Morgan fingerprint density at radius 1 is 1.18 bits per heavy atom. The molecule has 1 atom stereocenters. The van der Waals surface area contributed by atoms with E-state index >= 15 is 0 Å². The molecule has 0 unspecified atom stereocenters. The molecule has 3 aliphatic rings. The molecule has 22 heavy (non-hydrogen) atoms. The maximum atomic E-state index is 10.3.